The van der Waals surface area contributed by atoms with Gasteiger partial charge in [-0.15, -0.1) is 0 Å². The quantitative estimate of drug-likeness (QED) is 0.851. The zero-order valence-electron chi connectivity index (χ0n) is 11.8. The molecule has 0 spiro atoms. The maximum absolute atomic E-state index is 11.7. The second-order valence-electron chi connectivity index (χ2n) is 4.97. The average Bonchev–Trinajstić information content (AvgIpc) is 2.51. The first kappa shape index (κ1) is 13.1. The van der Waals surface area contributed by atoms with Crippen molar-refractivity contribution in [3.63, 3.8) is 0 Å². The number of likely N-dealkylation sites (N-methyl/N-ethyl adjacent to an activating group) is 1. The molecule has 1 fully saturated rings. The second kappa shape index (κ2) is 5.20. The Balaban J connectivity index is 2.02. The molecule has 0 saturated carbocycles. The maximum Gasteiger partial charge on any atom is 0.264 e. The lowest BCUT2D eigenvalue weighted by Gasteiger charge is -2.33. The number of methoxy groups -OCH3 is 1. The molecule has 20 heavy (non-hydrogen) atoms. The molecule has 2 aliphatic heterocycles. The zero-order valence-corrected chi connectivity index (χ0v) is 11.8. The number of ether oxygens (including phenoxy) is 2. The predicted molar refractivity (Wildman–Crippen MR) is 77.0 cm³/mol. The van der Waals surface area contributed by atoms with E-state index in [0.717, 1.165) is 43.3 Å². The van der Waals surface area contributed by atoms with Crippen LogP contribution < -0.4 is 24.6 Å². The molecule has 6 heteroatoms. The monoisotopic (exact) mass is 277 g/mol. The van der Waals surface area contributed by atoms with E-state index in [1.807, 2.05) is 12.1 Å². The summed E-state index contributed by atoms with van der Waals surface area (Å²) < 4.78 is 11.0. The summed E-state index contributed by atoms with van der Waals surface area (Å²) in [6.07, 6.45) is 0. The predicted octanol–water partition coefficient (Wildman–Crippen LogP) is 0.460. The van der Waals surface area contributed by atoms with Gasteiger partial charge in [-0.05, 0) is 6.07 Å². The number of nitrogens with zero attached hydrogens (tertiary/aromatic N) is 2. The van der Waals surface area contributed by atoms with Crippen molar-refractivity contribution in [3.05, 3.63) is 12.1 Å². The molecule has 2 aliphatic rings. The fourth-order valence-corrected chi connectivity index (χ4v) is 2.60. The molecule has 1 saturated heterocycles. The first-order chi connectivity index (χ1) is 9.70. The van der Waals surface area contributed by atoms with Crippen molar-refractivity contribution >= 4 is 17.3 Å². The molecular weight excluding hydrogens is 258 g/mol. The Labute approximate surface area is 118 Å². The van der Waals surface area contributed by atoms with Crippen LogP contribution in [0.15, 0.2) is 12.1 Å². The minimum absolute atomic E-state index is 0.0334. The van der Waals surface area contributed by atoms with Crippen LogP contribution in [-0.4, -0.2) is 52.9 Å². The number of piperazine rings is 1. The van der Waals surface area contributed by atoms with Gasteiger partial charge in [0.1, 0.15) is 11.5 Å². The summed E-state index contributed by atoms with van der Waals surface area (Å²) in [5.41, 5.74) is 1.81. The minimum Gasteiger partial charge on any atom is -0.494 e. The molecule has 0 atom stereocenters. The summed E-state index contributed by atoms with van der Waals surface area (Å²) in [4.78, 5) is 15.7. The molecule has 1 aromatic carbocycles. The average molecular weight is 277 g/mol. The van der Waals surface area contributed by atoms with Crippen molar-refractivity contribution in [2.24, 2.45) is 0 Å². The Bertz CT molecular complexity index is 527. The van der Waals surface area contributed by atoms with Gasteiger partial charge in [0.25, 0.3) is 5.91 Å². The number of nitrogens with one attached hydrogen (secondary N) is 1. The Morgan fingerprint density at radius 1 is 1.25 bits per heavy atom. The summed E-state index contributed by atoms with van der Waals surface area (Å²) in [6, 6.07) is 3.85. The SMILES string of the molecule is COc1cc2c(cc1N1CCNCC1)N(C)C(=O)CO2. The van der Waals surface area contributed by atoms with Crippen LogP contribution >= 0.6 is 0 Å². The Hall–Kier alpha value is -1.95. The number of benzene rings is 1. The van der Waals surface area contributed by atoms with E-state index in [9.17, 15) is 4.79 Å². The topological polar surface area (TPSA) is 54.0 Å². The van der Waals surface area contributed by atoms with Gasteiger partial charge in [-0.25, -0.2) is 0 Å². The van der Waals surface area contributed by atoms with Crippen molar-refractivity contribution in [2.45, 2.75) is 0 Å². The summed E-state index contributed by atoms with van der Waals surface area (Å²) in [5.74, 6) is 1.45. The number of rotatable bonds is 2. The largest absolute Gasteiger partial charge is 0.494 e. The molecule has 0 unspecified atom stereocenters. The summed E-state index contributed by atoms with van der Waals surface area (Å²) in [7, 11) is 3.43. The molecule has 0 bridgehead atoms. The van der Waals surface area contributed by atoms with Crippen LogP contribution in [0.4, 0.5) is 11.4 Å². The van der Waals surface area contributed by atoms with E-state index in [4.69, 9.17) is 9.47 Å². The Kier molecular flexibility index (Phi) is 3.40. The molecule has 108 valence electrons. The van der Waals surface area contributed by atoms with Crippen molar-refractivity contribution in [1.29, 1.82) is 0 Å². The van der Waals surface area contributed by atoms with Gasteiger partial charge in [-0.3, -0.25) is 4.79 Å². The summed E-state index contributed by atoms with van der Waals surface area (Å²) in [6.45, 7) is 3.83. The lowest BCUT2D eigenvalue weighted by Crippen LogP contribution is -2.44. The van der Waals surface area contributed by atoms with Crippen molar-refractivity contribution in [1.82, 2.24) is 5.32 Å². The highest BCUT2D eigenvalue weighted by atomic mass is 16.5. The second-order valence-corrected chi connectivity index (χ2v) is 4.97. The highest BCUT2D eigenvalue weighted by molar-refractivity contribution is 5.98. The number of amides is 1. The fourth-order valence-electron chi connectivity index (χ4n) is 2.60. The van der Waals surface area contributed by atoms with Crippen LogP contribution in [0.25, 0.3) is 0 Å². The normalized spacial score (nSPS) is 18.6. The van der Waals surface area contributed by atoms with E-state index in [1.54, 1.807) is 19.1 Å². The number of hydrogen-bond donors (Lipinski definition) is 1. The highest BCUT2D eigenvalue weighted by Crippen LogP contribution is 2.41. The number of fused-ring (bicyclic) bond motifs is 1. The van der Waals surface area contributed by atoms with Crippen LogP contribution in [0.3, 0.4) is 0 Å². The molecule has 1 amide bonds. The van der Waals surface area contributed by atoms with Crippen LogP contribution in [0, 0.1) is 0 Å². The van der Waals surface area contributed by atoms with Gasteiger partial charge in [0.2, 0.25) is 0 Å². The fraction of sp³-hybridized carbons (Fsp3) is 0.500. The molecular formula is C14H19N3O3. The van der Waals surface area contributed by atoms with Gasteiger partial charge >= 0.3 is 0 Å². The smallest absolute Gasteiger partial charge is 0.264 e. The number of carbonyl (C=O) groups is 1. The van der Waals surface area contributed by atoms with Gasteiger partial charge in [0, 0.05) is 39.3 Å². The third-order valence-corrected chi connectivity index (χ3v) is 3.80. The number of anilines is 2. The number of hydrogen-bond acceptors (Lipinski definition) is 5. The molecule has 3 rings (SSSR count). The lowest BCUT2D eigenvalue weighted by atomic mass is 10.1. The van der Waals surface area contributed by atoms with Crippen molar-refractivity contribution in [2.75, 3.05) is 56.7 Å². The van der Waals surface area contributed by atoms with E-state index in [0.29, 0.717) is 5.75 Å². The summed E-state index contributed by atoms with van der Waals surface area (Å²) in [5, 5.41) is 3.33. The van der Waals surface area contributed by atoms with Crippen molar-refractivity contribution < 1.29 is 14.3 Å². The minimum atomic E-state index is -0.0334. The van der Waals surface area contributed by atoms with Gasteiger partial charge in [0.15, 0.2) is 6.61 Å². The van der Waals surface area contributed by atoms with Crippen LogP contribution in [-0.2, 0) is 4.79 Å². The van der Waals surface area contributed by atoms with E-state index in [-0.39, 0.29) is 12.5 Å². The van der Waals surface area contributed by atoms with E-state index >= 15 is 0 Å². The number of carbonyl (C=O) groups excluding carboxylic acids is 1. The molecule has 0 radical (unpaired) electrons. The lowest BCUT2D eigenvalue weighted by molar-refractivity contribution is -0.120. The zero-order chi connectivity index (χ0) is 14.1. The van der Waals surface area contributed by atoms with Crippen molar-refractivity contribution in [3.8, 4) is 11.5 Å². The van der Waals surface area contributed by atoms with Crippen LogP contribution in [0.1, 0.15) is 0 Å². The highest BCUT2D eigenvalue weighted by Gasteiger charge is 2.26. The van der Waals surface area contributed by atoms with E-state index < -0.39 is 0 Å². The summed E-state index contributed by atoms with van der Waals surface area (Å²) >= 11 is 0. The maximum atomic E-state index is 11.7. The molecule has 1 aromatic rings. The van der Waals surface area contributed by atoms with Crippen LogP contribution in [0.5, 0.6) is 11.5 Å². The van der Waals surface area contributed by atoms with Gasteiger partial charge < -0.3 is 24.6 Å². The first-order valence-electron chi connectivity index (χ1n) is 6.78. The molecule has 2 heterocycles. The van der Waals surface area contributed by atoms with E-state index in [2.05, 4.69) is 10.2 Å². The molecule has 6 nitrogen and oxygen atoms in total. The van der Waals surface area contributed by atoms with Gasteiger partial charge in [-0.1, -0.05) is 0 Å². The van der Waals surface area contributed by atoms with Gasteiger partial charge in [-0.2, -0.15) is 0 Å². The molecule has 0 aliphatic carbocycles. The molecule has 1 N–H and O–H groups in total. The third kappa shape index (κ3) is 2.16. The Morgan fingerprint density at radius 3 is 2.70 bits per heavy atom. The third-order valence-electron chi connectivity index (χ3n) is 3.80. The van der Waals surface area contributed by atoms with E-state index in [1.165, 1.54) is 0 Å². The standard InChI is InChI=1S/C14H19N3O3/c1-16-10-7-11(17-5-3-15-4-6-17)12(19-2)8-13(10)20-9-14(16)18/h7-8,15H,3-6,9H2,1-2H3. The molecule has 0 aromatic heterocycles. The Morgan fingerprint density at radius 2 is 2.00 bits per heavy atom. The van der Waals surface area contributed by atoms with Crippen LogP contribution in [0.2, 0.25) is 0 Å². The van der Waals surface area contributed by atoms with Gasteiger partial charge in [0.05, 0.1) is 18.5 Å². The first-order valence-corrected chi connectivity index (χ1v) is 6.78.